The third-order valence-electron chi connectivity index (χ3n) is 4.98. The van der Waals surface area contributed by atoms with Crippen LogP contribution < -0.4 is 15.0 Å². The summed E-state index contributed by atoms with van der Waals surface area (Å²) < 4.78 is 5.75. The van der Waals surface area contributed by atoms with Crippen molar-refractivity contribution in [1.82, 2.24) is 0 Å². The molecule has 0 saturated carbocycles. The zero-order chi connectivity index (χ0) is 18.9. The Balaban J connectivity index is 1.57. The molecule has 0 atom stereocenters. The zero-order valence-corrected chi connectivity index (χ0v) is 16.2. The molecule has 0 aliphatic carbocycles. The first-order chi connectivity index (χ1) is 13.3. The first-order valence-corrected chi connectivity index (χ1v) is 10.2. The molecule has 144 valence electrons. The Morgan fingerprint density at radius 3 is 2.48 bits per heavy atom. The molecule has 4 nitrogen and oxygen atoms in total. The lowest BCUT2D eigenvalue weighted by atomic mass is 10.2. The number of amides is 1. The van der Waals surface area contributed by atoms with E-state index >= 15 is 0 Å². The van der Waals surface area contributed by atoms with Gasteiger partial charge in [0.15, 0.2) is 0 Å². The van der Waals surface area contributed by atoms with Gasteiger partial charge in [-0.25, -0.2) is 0 Å². The Morgan fingerprint density at radius 1 is 1.00 bits per heavy atom. The highest BCUT2D eigenvalue weighted by Crippen LogP contribution is 2.29. The summed E-state index contributed by atoms with van der Waals surface area (Å²) in [6.45, 7) is 5.04. The molecule has 2 aromatic carbocycles. The molecule has 1 saturated heterocycles. The van der Waals surface area contributed by atoms with Crippen molar-refractivity contribution in [1.29, 1.82) is 0 Å². The maximum atomic E-state index is 12.7. The predicted octanol–water partition coefficient (Wildman–Crippen LogP) is 5.50. The van der Waals surface area contributed by atoms with Crippen molar-refractivity contribution in [3.8, 4) is 5.75 Å². The maximum absolute atomic E-state index is 12.7. The highest BCUT2D eigenvalue weighted by molar-refractivity contribution is 6.06. The molecular formula is C23H30N2O2. The molecule has 0 aromatic heterocycles. The number of hydrogen-bond donors (Lipinski definition) is 1. The Morgan fingerprint density at radius 2 is 1.74 bits per heavy atom. The number of nitrogens with one attached hydrogen (secondary N) is 1. The van der Waals surface area contributed by atoms with Gasteiger partial charge in [-0.2, -0.15) is 0 Å². The van der Waals surface area contributed by atoms with Gasteiger partial charge in [-0.15, -0.1) is 0 Å². The molecule has 1 amide bonds. The normalized spacial score (nSPS) is 13.6. The monoisotopic (exact) mass is 366 g/mol. The molecule has 0 spiro atoms. The van der Waals surface area contributed by atoms with E-state index in [-0.39, 0.29) is 5.91 Å². The molecule has 27 heavy (non-hydrogen) atoms. The predicted molar refractivity (Wildman–Crippen MR) is 112 cm³/mol. The lowest BCUT2D eigenvalue weighted by Gasteiger charge is -2.21. The van der Waals surface area contributed by atoms with Gasteiger partial charge in [0.1, 0.15) is 5.75 Å². The van der Waals surface area contributed by atoms with Crippen molar-refractivity contribution in [2.75, 3.05) is 29.9 Å². The van der Waals surface area contributed by atoms with Gasteiger partial charge in [0.05, 0.1) is 18.0 Å². The summed E-state index contributed by atoms with van der Waals surface area (Å²) in [5.74, 6) is 0.733. The standard InChI is InChI=1S/C23H30N2O2/c1-2-3-4-9-18-27-20-14-12-19(13-15-20)23(26)24-21-10-5-6-11-22(21)25-16-7-8-17-25/h5-6,10-15H,2-4,7-9,16-18H2,1H3,(H,24,26). The van der Waals surface area contributed by atoms with Crippen molar-refractivity contribution >= 4 is 17.3 Å². The van der Waals surface area contributed by atoms with E-state index in [0.717, 1.165) is 43.2 Å². The number of anilines is 2. The molecule has 3 rings (SSSR count). The first kappa shape index (κ1) is 19.3. The summed E-state index contributed by atoms with van der Waals surface area (Å²) in [4.78, 5) is 15.0. The molecule has 0 bridgehead atoms. The van der Waals surface area contributed by atoms with E-state index in [2.05, 4.69) is 23.2 Å². The average molecular weight is 367 g/mol. The van der Waals surface area contributed by atoms with Crippen LogP contribution in [0, 0.1) is 0 Å². The fourth-order valence-corrected chi connectivity index (χ4v) is 3.43. The van der Waals surface area contributed by atoms with Gasteiger partial charge < -0.3 is 15.0 Å². The SMILES string of the molecule is CCCCCCOc1ccc(C(=O)Nc2ccccc2N2CCCC2)cc1. The number of ether oxygens (including phenoxy) is 1. The highest BCUT2D eigenvalue weighted by Gasteiger charge is 2.17. The quantitative estimate of drug-likeness (QED) is 0.596. The number of hydrogen-bond acceptors (Lipinski definition) is 3. The summed E-state index contributed by atoms with van der Waals surface area (Å²) >= 11 is 0. The van der Waals surface area contributed by atoms with Gasteiger partial charge in [0, 0.05) is 18.7 Å². The molecule has 0 unspecified atom stereocenters. The minimum absolute atomic E-state index is 0.0869. The molecule has 1 N–H and O–H groups in total. The molecule has 1 aliphatic heterocycles. The first-order valence-electron chi connectivity index (χ1n) is 10.2. The van der Waals surface area contributed by atoms with E-state index in [1.54, 1.807) is 0 Å². The number of nitrogens with zero attached hydrogens (tertiary/aromatic N) is 1. The Labute approximate surface area is 162 Å². The van der Waals surface area contributed by atoms with Crippen molar-refractivity contribution in [3.05, 3.63) is 54.1 Å². The van der Waals surface area contributed by atoms with E-state index < -0.39 is 0 Å². The largest absolute Gasteiger partial charge is 0.494 e. The topological polar surface area (TPSA) is 41.6 Å². The van der Waals surface area contributed by atoms with Crippen LogP contribution in [0.2, 0.25) is 0 Å². The van der Waals surface area contributed by atoms with Crippen LogP contribution in [0.15, 0.2) is 48.5 Å². The number of carbonyl (C=O) groups is 1. The second-order valence-corrected chi connectivity index (χ2v) is 7.10. The molecule has 2 aromatic rings. The fraction of sp³-hybridized carbons (Fsp3) is 0.435. The van der Waals surface area contributed by atoms with Gasteiger partial charge in [-0.05, 0) is 55.7 Å². The van der Waals surface area contributed by atoms with E-state index in [1.807, 2.05) is 42.5 Å². The maximum Gasteiger partial charge on any atom is 0.255 e. The van der Waals surface area contributed by atoms with Crippen LogP contribution in [0.4, 0.5) is 11.4 Å². The van der Waals surface area contributed by atoms with Crippen molar-refractivity contribution in [2.45, 2.75) is 45.4 Å². The van der Waals surface area contributed by atoms with Crippen LogP contribution in [0.1, 0.15) is 55.8 Å². The van der Waals surface area contributed by atoms with Crippen LogP contribution in [0.25, 0.3) is 0 Å². The second-order valence-electron chi connectivity index (χ2n) is 7.10. The van der Waals surface area contributed by atoms with Crippen LogP contribution in [-0.2, 0) is 0 Å². The summed E-state index contributed by atoms with van der Waals surface area (Å²) in [6, 6.07) is 15.4. The van der Waals surface area contributed by atoms with Crippen molar-refractivity contribution in [3.63, 3.8) is 0 Å². The molecule has 4 heteroatoms. The molecule has 1 heterocycles. The van der Waals surface area contributed by atoms with E-state index in [4.69, 9.17) is 4.74 Å². The number of carbonyl (C=O) groups excluding carboxylic acids is 1. The van der Waals surface area contributed by atoms with E-state index in [9.17, 15) is 4.79 Å². The van der Waals surface area contributed by atoms with Gasteiger partial charge in [-0.1, -0.05) is 38.3 Å². The zero-order valence-electron chi connectivity index (χ0n) is 16.2. The van der Waals surface area contributed by atoms with Crippen molar-refractivity contribution in [2.24, 2.45) is 0 Å². The fourth-order valence-electron chi connectivity index (χ4n) is 3.43. The Hall–Kier alpha value is -2.49. The van der Waals surface area contributed by atoms with Gasteiger partial charge >= 0.3 is 0 Å². The van der Waals surface area contributed by atoms with Gasteiger partial charge in [0.25, 0.3) is 5.91 Å². The van der Waals surface area contributed by atoms with E-state index in [0.29, 0.717) is 5.56 Å². The summed E-state index contributed by atoms with van der Waals surface area (Å²) in [6.07, 6.45) is 7.17. The minimum Gasteiger partial charge on any atom is -0.494 e. The number of para-hydroxylation sites is 2. The summed E-state index contributed by atoms with van der Waals surface area (Å²) in [7, 11) is 0. The lowest BCUT2D eigenvalue weighted by molar-refractivity contribution is 0.102. The van der Waals surface area contributed by atoms with Crippen LogP contribution in [0.5, 0.6) is 5.75 Å². The van der Waals surface area contributed by atoms with Crippen LogP contribution in [-0.4, -0.2) is 25.6 Å². The van der Waals surface area contributed by atoms with Crippen molar-refractivity contribution < 1.29 is 9.53 Å². The third kappa shape index (κ3) is 5.49. The molecular weight excluding hydrogens is 336 g/mol. The summed E-state index contributed by atoms with van der Waals surface area (Å²) in [5, 5.41) is 3.07. The summed E-state index contributed by atoms with van der Waals surface area (Å²) in [5.41, 5.74) is 2.63. The highest BCUT2D eigenvalue weighted by atomic mass is 16.5. The van der Waals surface area contributed by atoms with E-state index in [1.165, 1.54) is 32.1 Å². The molecule has 0 radical (unpaired) electrons. The average Bonchev–Trinajstić information content (AvgIpc) is 3.23. The Bertz CT molecular complexity index is 721. The number of benzene rings is 2. The van der Waals surface area contributed by atoms with Gasteiger partial charge in [0.2, 0.25) is 0 Å². The Kier molecular flexibility index (Phi) is 7.14. The smallest absolute Gasteiger partial charge is 0.255 e. The third-order valence-corrected chi connectivity index (χ3v) is 4.98. The number of unbranched alkanes of at least 4 members (excludes halogenated alkanes) is 3. The lowest BCUT2D eigenvalue weighted by Crippen LogP contribution is -2.21. The number of rotatable bonds is 9. The van der Waals surface area contributed by atoms with Gasteiger partial charge in [-0.3, -0.25) is 4.79 Å². The molecule has 1 fully saturated rings. The minimum atomic E-state index is -0.0869. The van der Waals surface area contributed by atoms with Crippen LogP contribution in [0.3, 0.4) is 0 Å². The second kappa shape index (κ2) is 10.0. The van der Waals surface area contributed by atoms with Crippen LogP contribution >= 0.6 is 0 Å². The molecule has 1 aliphatic rings.